The van der Waals surface area contributed by atoms with E-state index in [9.17, 15) is 4.79 Å². The molecule has 0 saturated carbocycles. The third kappa shape index (κ3) is 4.98. The van der Waals surface area contributed by atoms with Crippen LogP contribution in [0.25, 0.3) is 11.1 Å². The molecule has 0 fully saturated rings. The van der Waals surface area contributed by atoms with Crippen molar-refractivity contribution >= 4 is 11.7 Å². The Kier molecular flexibility index (Phi) is 5.92. The van der Waals surface area contributed by atoms with Crippen molar-refractivity contribution in [1.29, 1.82) is 0 Å². The fourth-order valence-corrected chi connectivity index (χ4v) is 3.29. The van der Waals surface area contributed by atoms with Gasteiger partial charge in [0.15, 0.2) is 0 Å². The lowest BCUT2D eigenvalue weighted by molar-refractivity contribution is -0.141. The van der Waals surface area contributed by atoms with E-state index in [0.717, 1.165) is 27.9 Å². The largest absolute Gasteiger partial charge is 0.467 e. The number of anilines is 1. The number of hydrogen-bond donors (Lipinski definition) is 1. The molecule has 0 amide bonds. The molecular formula is C24H25NO2. The Morgan fingerprint density at radius 2 is 1.48 bits per heavy atom. The molecule has 0 aliphatic heterocycles. The van der Waals surface area contributed by atoms with Gasteiger partial charge in [0.05, 0.1) is 7.11 Å². The van der Waals surface area contributed by atoms with E-state index in [2.05, 4.69) is 47.8 Å². The summed E-state index contributed by atoms with van der Waals surface area (Å²) in [5.74, 6) is -0.263. The van der Waals surface area contributed by atoms with Gasteiger partial charge in [-0.2, -0.15) is 0 Å². The molecular weight excluding hydrogens is 334 g/mol. The molecule has 0 radical (unpaired) electrons. The maximum Gasteiger partial charge on any atom is 0.328 e. The number of hydrogen-bond acceptors (Lipinski definition) is 3. The molecule has 1 N–H and O–H groups in total. The summed E-state index contributed by atoms with van der Waals surface area (Å²) in [4.78, 5) is 12.3. The van der Waals surface area contributed by atoms with Crippen LogP contribution in [0, 0.1) is 13.8 Å². The van der Waals surface area contributed by atoms with E-state index in [1.165, 1.54) is 12.7 Å². The molecule has 0 bridgehead atoms. The lowest BCUT2D eigenvalue weighted by atomic mass is 10.0. The molecule has 1 atom stereocenters. The van der Waals surface area contributed by atoms with Gasteiger partial charge >= 0.3 is 5.97 Å². The van der Waals surface area contributed by atoms with Crippen LogP contribution in [0.15, 0.2) is 72.8 Å². The van der Waals surface area contributed by atoms with Crippen LogP contribution >= 0.6 is 0 Å². The van der Waals surface area contributed by atoms with Crippen LogP contribution in [0.1, 0.15) is 16.7 Å². The van der Waals surface area contributed by atoms with Crippen LogP contribution in [-0.4, -0.2) is 19.1 Å². The molecule has 0 aliphatic rings. The molecule has 0 saturated heterocycles. The number of nitrogens with one attached hydrogen (secondary N) is 1. The first-order chi connectivity index (χ1) is 13.0. The Hall–Kier alpha value is -3.07. The third-order valence-corrected chi connectivity index (χ3v) is 4.55. The predicted molar refractivity (Wildman–Crippen MR) is 111 cm³/mol. The van der Waals surface area contributed by atoms with Crippen molar-refractivity contribution in [2.75, 3.05) is 12.4 Å². The standard InChI is InChI=1S/C24H25NO2/c1-17-13-18(2)15-22(14-17)25-23(24(26)27-3)16-19-9-11-21(12-10-19)20-7-5-4-6-8-20/h4-15,23,25H,16H2,1-3H3. The zero-order valence-electron chi connectivity index (χ0n) is 16.0. The molecule has 0 heterocycles. The second-order valence-electron chi connectivity index (χ2n) is 6.86. The van der Waals surface area contributed by atoms with Crippen LogP contribution in [-0.2, 0) is 16.0 Å². The summed E-state index contributed by atoms with van der Waals surface area (Å²) < 4.78 is 5.01. The molecule has 0 aromatic heterocycles. The van der Waals surface area contributed by atoms with E-state index in [4.69, 9.17) is 4.74 Å². The highest BCUT2D eigenvalue weighted by Gasteiger charge is 2.20. The van der Waals surface area contributed by atoms with Crippen LogP contribution in [0.4, 0.5) is 5.69 Å². The summed E-state index contributed by atoms with van der Waals surface area (Å²) in [6.45, 7) is 4.10. The Bertz CT molecular complexity index is 881. The van der Waals surface area contributed by atoms with Crippen LogP contribution in [0.5, 0.6) is 0 Å². The van der Waals surface area contributed by atoms with Crippen molar-refractivity contribution in [3.63, 3.8) is 0 Å². The maximum absolute atomic E-state index is 12.3. The Balaban J connectivity index is 1.77. The third-order valence-electron chi connectivity index (χ3n) is 4.55. The van der Waals surface area contributed by atoms with Gasteiger partial charge in [-0.3, -0.25) is 0 Å². The quantitative estimate of drug-likeness (QED) is 0.617. The SMILES string of the molecule is COC(=O)C(Cc1ccc(-c2ccccc2)cc1)Nc1cc(C)cc(C)c1. The summed E-state index contributed by atoms with van der Waals surface area (Å²) in [5, 5.41) is 3.33. The van der Waals surface area contributed by atoms with Crippen molar-refractivity contribution in [1.82, 2.24) is 0 Å². The Morgan fingerprint density at radius 3 is 2.07 bits per heavy atom. The number of rotatable bonds is 6. The number of carbonyl (C=O) groups is 1. The number of aryl methyl sites for hydroxylation is 2. The van der Waals surface area contributed by atoms with Gasteiger partial charge in [0.1, 0.15) is 6.04 Å². The van der Waals surface area contributed by atoms with Gasteiger partial charge in [-0.1, -0.05) is 60.7 Å². The van der Waals surface area contributed by atoms with E-state index in [-0.39, 0.29) is 5.97 Å². The Labute approximate surface area is 161 Å². The van der Waals surface area contributed by atoms with Gasteiger partial charge in [0.25, 0.3) is 0 Å². The van der Waals surface area contributed by atoms with E-state index in [0.29, 0.717) is 6.42 Å². The van der Waals surface area contributed by atoms with Crippen LogP contribution < -0.4 is 5.32 Å². The molecule has 3 rings (SSSR count). The molecule has 3 aromatic carbocycles. The number of methoxy groups -OCH3 is 1. The lowest BCUT2D eigenvalue weighted by Gasteiger charge is -2.19. The fraction of sp³-hybridized carbons (Fsp3) is 0.208. The minimum Gasteiger partial charge on any atom is -0.467 e. The normalized spacial score (nSPS) is 11.7. The summed E-state index contributed by atoms with van der Waals surface area (Å²) in [6.07, 6.45) is 0.564. The summed E-state index contributed by atoms with van der Waals surface area (Å²) in [5.41, 5.74) is 6.69. The van der Waals surface area contributed by atoms with Gasteiger partial charge in [0.2, 0.25) is 0 Å². The van der Waals surface area contributed by atoms with Crippen molar-refractivity contribution in [3.8, 4) is 11.1 Å². The number of esters is 1. The smallest absolute Gasteiger partial charge is 0.328 e. The molecule has 3 aromatic rings. The van der Waals surface area contributed by atoms with E-state index >= 15 is 0 Å². The zero-order chi connectivity index (χ0) is 19.2. The summed E-state index contributed by atoms with van der Waals surface area (Å²) in [6, 6.07) is 24.4. The molecule has 138 valence electrons. The average molecular weight is 359 g/mol. The molecule has 0 aliphatic carbocycles. The fourth-order valence-electron chi connectivity index (χ4n) is 3.29. The van der Waals surface area contributed by atoms with E-state index in [1.807, 2.05) is 44.2 Å². The highest BCUT2D eigenvalue weighted by molar-refractivity contribution is 5.79. The van der Waals surface area contributed by atoms with Crippen molar-refractivity contribution in [2.45, 2.75) is 26.3 Å². The Morgan fingerprint density at radius 1 is 0.889 bits per heavy atom. The molecule has 1 unspecified atom stereocenters. The first kappa shape index (κ1) is 18.7. The van der Waals surface area contributed by atoms with Gasteiger partial charge in [-0.25, -0.2) is 4.79 Å². The second kappa shape index (κ2) is 8.54. The average Bonchev–Trinajstić information content (AvgIpc) is 2.67. The van der Waals surface area contributed by atoms with Gasteiger partial charge in [0, 0.05) is 12.1 Å². The van der Waals surface area contributed by atoms with Crippen LogP contribution in [0.3, 0.4) is 0 Å². The number of ether oxygens (including phenoxy) is 1. The van der Waals surface area contributed by atoms with Crippen molar-refractivity contribution < 1.29 is 9.53 Å². The van der Waals surface area contributed by atoms with Gasteiger partial charge in [-0.05, 0) is 53.8 Å². The first-order valence-corrected chi connectivity index (χ1v) is 9.12. The van der Waals surface area contributed by atoms with Gasteiger partial charge < -0.3 is 10.1 Å². The summed E-state index contributed by atoms with van der Waals surface area (Å²) >= 11 is 0. The molecule has 0 spiro atoms. The first-order valence-electron chi connectivity index (χ1n) is 9.12. The van der Waals surface area contributed by atoms with Crippen molar-refractivity contribution in [2.24, 2.45) is 0 Å². The lowest BCUT2D eigenvalue weighted by Crippen LogP contribution is -2.32. The number of benzene rings is 3. The van der Waals surface area contributed by atoms with E-state index < -0.39 is 6.04 Å². The van der Waals surface area contributed by atoms with Crippen molar-refractivity contribution in [3.05, 3.63) is 89.5 Å². The summed E-state index contributed by atoms with van der Waals surface area (Å²) in [7, 11) is 1.43. The maximum atomic E-state index is 12.3. The predicted octanol–water partition coefficient (Wildman–Crippen LogP) is 5.17. The minimum absolute atomic E-state index is 0.263. The van der Waals surface area contributed by atoms with Gasteiger partial charge in [-0.15, -0.1) is 0 Å². The molecule has 3 nitrogen and oxygen atoms in total. The number of carbonyl (C=O) groups excluding carboxylic acids is 1. The monoisotopic (exact) mass is 359 g/mol. The topological polar surface area (TPSA) is 38.3 Å². The van der Waals surface area contributed by atoms with Crippen LogP contribution in [0.2, 0.25) is 0 Å². The highest BCUT2D eigenvalue weighted by atomic mass is 16.5. The zero-order valence-corrected chi connectivity index (χ0v) is 16.0. The molecule has 3 heteroatoms. The highest BCUT2D eigenvalue weighted by Crippen LogP contribution is 2.21. The molecule has 27 heavy (non-hydrogen) atoms. The minimum atomic E-state index is -0.432. The second-order valence-corrected chi connectivity index (χ2v) is 6.86. The van der Waals surface area contributed by atoms with E-state index in [1.54, 1.807) is 0 Å².